The number of nitrogens with zero attached hydrogens (tertiary/aromatic N) is 1. The van der Waals surface area contributed by atoms with Crippen molar-refractivity contribution in [3.8, 4) is 0 Å². The smallest absolute Gasteiger partial charge is 0.335 e. The van der Waals surface area contributed by atoms with Crippen LogP contribution in [0.3, 0.4) is 0 Å². The Balaban J connectivity index is 2.22. The highest BCUT2D eigenvalue weighted by Crippen LogP contribution is 2.24. The number of halogens is 2. The molecule has 2 rings (SSSR count). The summed E-state index contributed by atoms with van der Waals surface area (Å²) in [6.07, 6.45) is 0. The molecule has 0 aliphatic carbocycles. The van der Waals surface area contributed by atoms with Gasteiger partial charge in [0.2, 0.25) is 0 Å². The van der Waals surface area contributed by atoms with Crippen LogP contribution in [0.1, 0.15) is 20.8 Å². The molecule has 0 saturated carbocycles. The maximum atomic E-state index is 12.0. The Morgan fingerprint density at radius 3 is 2.60 bits per heavy atom. The van der Waals surface area contributed by atoms with Gasteiger partial charge < -0.3 is 10.4 Å². The van der Waals surface area contributed by atoms with Gasteiger partial charge in [0.15, 0.2) is 0 Å². The molecule has 0 fully saturated rings. The number of hydrogen-bond acceptors (Lipinski definition) is 3. The summed E-state index contributed by atoms with van der Waals surface area (Å²) >= 11 is 8.92. The Labute approximate surface area is 127 Å². The molecule has 0 spiro atoms. The molecule has 1 amide bonds. The molecule has 0 aliphatic heterocycles. The average Bonchev–Trinajstić information content (AvgIpc) is 2.40. The van der Waals surface area contributed by atoms with Crippen molar-refractivity contribution < 1.29 is 14.7 Å². The Kier molecular flexibility index (Phi) is 4.36. The zero-order chi connectivity index (χ0) is 14.7. The molecule has 1 heterocycles. The number of aromatic carboxylic acids is 1. The van der Waals surface area contributed by atoms with Crippen molar-refractivity contribution >= 4 is 45.1 Å². The van der Waals surface area contributed by atoms with Gasteiger partial charge in [-0.05, 0) is 46.3 Å². The van der Waals surface area contributed by atoms with E-state index in [0.29, 0.717) is 10.2 Å². The Morgan fingerprint density at radius 2 is 2.00 bits per heavy atom. The fourth-order valence-corrected chi connectivity index (χ4v) is 2.11. The average molecular weight is 356 g/mol. The molecule has 2 aromatic rings. The number of aromatic nitrogens is 1. The van der Waals surface area contributed by atoms with E-state index >= 15 is 0 Å². The number of anilines is 1. The van der Waals surface area contributed by atoms with E-state index < -0.39 is 11.9 Å². The van der Waals surface area contributed by atoms with Crippen LogP contribution in [0.4, 0.5) is 5.69 Å². The lowest BCUT2D eigenvalue weighted by Crippen LogP contribution is -2.14. The molecule has 2 N–H and O–H groups in total. The standard InChI is InChI=1S/C13H8BrClN2O3/c14-8-6-7(13(19)20)4-5-9(8)17-12(18)10-2-1-3-11(15)16-10/h1-6H,(H,17,18)(H,19,20). The van der Waals surface area contributed by atoms with Crippen LogP contribution < -0.4 is 5.32 Å². The third-order valence-electron chi connectivity index (χ3n) is 2.41. The van der Waals surface area contributed by atoms with Crippen LogP contribution in [0, 0.1) is 0 Å². The van der Waals surface area contributed by atoms with Gasteiger partial charge in [0, 0.05) is 4.47 Å². The topological polar surface area (TPSA) is 79.3 Å². The fourth-order valence-electron chi connectivity index (χ4n) is 1.47. The first kappa shape index (κ1) is 14.5. The van der Waals surface area contributed by atoms with Gasteiger partial charge in [-0.1, -0.05) is 17.7 Å². The maximum Gasteiger partial charge on any atom is 0.335 e. The molecule has 0 saturated heterocycles. The van der Waals surface area contributed by atoms with Crippen molar-refractivity contribution in [2.45, 2.75) is 0 Å². The van der Waals surface area contributed by atoms with E-state index in [4.69, 9.17) is 16.7 Å². The second-order valence-electron chi connectivity index (χ2n) is 3.80. The number of amides is 1. The molecular formula is C13H8BrClN2O3. The van der Waals surface area contributed by atoms with Crippen LogP contribution in [0.2, 0.25) is 5.15 Å². The zero-order valence-corrected chi connectivity index (χ0v) is 12.3. The number of pyridine rings is 1. The van der Waals surface area contributed by atoms with Crippen LogP contribution in [0.5, 0.6) is 0 Å². The summed E-state index contributed by atoms with van der Waals surface area (Å²) in [5.41, 5.74) is 0.740. The number of nitrogens with one attached hydrogen (secondary N) is 1. The van der Waals surface area contributed by atoms with Crippen molar-refractivity contribution in [2.75, 3.05) is 5.32 Å². The van der Waals surface area contributed by atoms with Crippen LogP contribution in [0.15, 0.2) is 40.9 Å². The molecule has 1 aromatic carbocycles. The lowest BCUT2D eigenvalue weighted by Gasteiger charge is -2.07. The van der Waals surface area contributed by atoms with E-state index in [9.17, 15) is 9.59 Å². The molecule has 102 valence electrons. The van der Waals surface area contributed by atoms with Gasteiger partial charge in [-0.2, -0.15) is 0 Å². The van der Waals surface area contributed by atoms with E-state index in [1.165, 1.54) is 24.3 Å². The van der Waals surface area contributed by atoms with Crippen LogP contribution >= 0.6 is 27.5 Å². The Bertz CT molecular complexity index is 691. The summed E-state index contributed by atoms with van der Waals surface area (Å²) in [6.45, 7) is 0. The van der Waals surface area contributed by atoms with Crippen molar-refractivity contribution in [2.24, 2.45) is 0 Å². The van der Waals surface area contributed by atoms with Gasteiger partial charge in [0.25, 0.3) is 5.91 Å². The normalized spacial score (nSPS) is 10.1. The first-order chi connectivity index (χ1) is 9.47. The summed E-state index contributed by atoms with van der Waals surface area (Å²) in [7, 11) is 0. The van der Waals surface area contributed by atoms with Gasteiger partial charge >= 0.3 is 5.97 Å². The second-order valence-corrected chi connectivity index (χ2v) is 5.04. The summed E-state index contributed by atoms with van der Waals surface area (Å²) in [5, 5.41) is 11.7. The highest BCUT2D eigenvalue weighted by molar-refractivity contribution is 9.10. The van der Waals surface area contributed by atoms with Crippen LogP contribution in [-0.2, 0) is 0 Å². The molecule has 0 aliphatic rings. The van der Waals surface area contributed by atoms with Crippen molar-refractivity contribution in [1.82, 2.24) is 4.98 Å². The number of carboxylic acid groups (broad SMARTS) is 1. The minimum absolute atomic E-state index is 0.121. The van der Waals surface area contributed by atoms with Gasteiger partial charge in [0.05, 0.1) is 11.3 Å². The molecule has 7 heteroatoms. The van der Waals surface area contributed by atoms with Gasteiger partial charge in [0.1, 0.15) is 10.8 Å². The zero-order valence-electron chi connectivity index (χ0n) is 9.93. The first-order valence-electron chi connectivity index (χ1n) is 5.44. The highest BCUT2D eigenvalue weighted by Gasteiger charge is 2.12. The third-order valence-corrected chi connectivity index (χ3v) is 3.28. The Morgan fingerprint density at radius 1 is 1.25 bits per heavy atom. The number of carboxylic acids is 1. The first-order valence-corrected chi connectivity index (χ1v) is 6.61. The highest BCUT2D eigenvalue weighted by atomic mass is 79.9. The lowest BCUT2D eigenvalue weighted by atomic mass is 10.2. The molecular weight excluding hydrogens is 348 g/mol. The number of benzene rings is 1. The molecule has 5 nitrogen and oxygen atoms in total. The minimum Gasteiger partial charge on any atom is -0.478 e. The number of hydrogen-bond donors (Lipinski definition) is 2. The van der Waals surface area contributed by atoms with E-state index in [1.807, 2.05) is 0 Å². The van der Waals surface area contributed by atoms with Crippen molar-refractivity contribution in [1.29, 1.82) is 0 Å². The van der Waals surface area contributed by atoms with Crippen LogP contribution in [-0.4, -0.2) is 22.0 Å². The number of carbonyl (C=O) groups is 2. The van der Waals surface area contributed by atoms with Crippen LogP contribution in [0.25, 0.3) is 0 Å². The van der Waals surface area contributed by atoms with Gasteiger partial charge in [-0.15, -0.1) is 0 Å². The molecule has 1 aromatic heterocycles. The van der Waals surface area contributed by atoms with Crippen molar-refractivity contribution in [3.05, 3.63) is 57.3 Å². The summed E-state index contributed by atoms with van der Waals surface area (Å²) in [4.78, 5) is 26.7. The SMILES string of the molecule is O=C(O)c1ccc(NC(=O)c2cccc(Cl)n2)c(Br)c1. The number of carbonyl (C=O) groups excluding carboxylic acids is 1. The maximum absolute atomic E-state index is 12.0. The predicted molar refractivity (Wildman–Crippen MR) is 78.3 cm³/mol. The van der Waals surface area contributed by atoms with E-state index in [-0.39, 0.29) is 16.4 Å². The molecule has 0 unspecified atom stereocenters. The second kappa shape index (κ2) is 6.02. The Hall–Kier alpha value is -1.92. The molecule has 0 radical (unpaired) electrons. The molecule has 0 atom stereocenters. The number of rotatable bonds is 3. The fraction of sp³-hybridized carbons (Fsp3) is 0. The quantitative estimate of drug-likeness (QED) is 0.827. The monoisotopic (exact) mass is 354 g/mol. The summed E-state index contributed by atoms with van der Waals surface area (Å²) in [5.74, 6) is -1.48. The van der Waals surface area contributed by atoms with Crippen molar-refractivity contribution in [3.63, 3.8) is 0 Å². The predicted octanol–water partition coefficient (Wildman–Crippen LogP) is 3.45. The largest absolute Gasteiger partial charge is 0.478 e. The third kappa shape index (κ3) is 3.34. The summed E-state index contributed by atoms with van der Waals surface area (Å²) < 4.78 is 0.466. The molecule has 20 heavy (non-hydrogen) atoms. The molecule has 0 bridgehead atoms. The minimum atomic E-state index is -1.04. The van der Waals surface area contributed by atoms with Gasteiger partial charge in [-0.25, -0.2) is 9.78 Å². The summed E-state index contributed by atoms with van der Waals surface area (Å²) in [6, 6.07) is 9.01. The van der Waals surface area contributed by atoms with Gasteiger partial charge in [-0.3, -0.25) is 4.79 Å². The van der Waals surface area contributed by atoms with E-state index in [0.717, 1.165) is 0 Å². The lowest BCUT2D eigenvalue weighted by molar-refractivity contribution is 0.0696. The van der Waals surface area contributed by atoms with E-state index in [2.05, 4.69) is 26.2 Å². The van der Waals surface area contributed by atoms with E-state index in [1.54, 1.807) is 12.1 Å².